The van der Waals surface area contributed by atoms with E-state index in [0.29, 0.717) is 12.3 Å². The third kappa shape index (κ3) is 2.32. The highest BCUT2D eigenvalue weighted by Crippen LogP contribution is 2.27. The highest BCUT2D eigenvalue weighted by Gasteiger charge is 2.26. The number of nitrogens with zero attached hydrogens (tertiary/aromatic N) is 2. The van der Waals surface area contributed by atoms with Crippen molar-refractivity contribution in [2.45, 2.75) is 12.5 Å². The van der Waals surface area contributed by atoms with Gasteiger partial charge in [-0.15, -0.1) is 11.3 Å². The number of anilines is 1. The quantitative estimate of drug-likeness (QED) is 0.766. The van der Waals surface area contributed by atoms with Crippen molar-refractivity contribution in [3.63, 3.8) is 0 Å². The minimum atomic E-state index is -1.09. The highest BCUT2D eigenvalue weighted by molar-refractivity contribution is 7.17. The van der Waals surface area contributed by atoms with Crippen molar-refractivity contribution in [2.24, 2.45) is 0 Å². The van der Waals surface area contributed by atoms with Crippen molar-refractivity contribution in [3.8, 4) is 0 Å². The zero-order valence-corrected chi connectivity index (χ0v) is 11.1. The number of rotatable bonds is 4. The molecule has 0 saturated heterocycles. The fraction of sp³-hybridized carbons (Fsp3) is 0.231. The topological polar surface area (TPSA) is 71.2 Å². The second-order valence-electron chi connectivity index (χ2n) is 4.46. The van der Waals surface area contributed by atoms with Gasteiger partial charge in [0.05, 0.1) is 23.0 Å². The Kier molecular flexibility index (Phi) is 2.96. The fourth-order valence-electron chi connectivity index (χ4n) is 1.84. The van der Waals surface area contributed by atoms with E-state index in [1.54, 1.807) is 36.7 Å². The summed E-state index contributed by atoms with van der Waals surface area (Å²) in [5.41, 5.74) is -0.182. The SMILES string of the molecule is CC(O)(CNc1ncnc2ccsc12)c1ccco1. The molecule has 1 unspecified atom stereocenters. The number of hydrogen-bond donors (Lipinski definition) is 2. The van der Waals surface area contributed by atoms with Crippen LogP contribution in [-0.2, 0) is 5.60 Å². The van der Waals surface area contributed by atoms with Gasteiger partial charge in [0.25, 0.3) is 0 Å². The Morgan fingerprint density at radius 1 is 1.42 bits per heavy atom. The first-order valence-corrected chi connectivity index (χ1v) is 6.73. The number of fused-ring (bicyclic) bond motifs is 1. The maximum atomic E-state index is 10.4. The van der Waals surface area contributed by atoms with E-state index in [1.165, 1.54) is 6.33 Å². The number of nitrogens with one attached hydrogen (secondary N) is 1. The van der Waals surface area contributed by atoms with Crippen LogP contribution in [0.4, 0.5) is 5.82 Å². The second kappa shape index (κ2) is 4.64. The van der Waals surface area contributed by atoms with Gasteiger partial charge in [-0.05, 0) is 30.5 Å². The second-order valence-corrected chi connectivity index (χ2v) is 5.38. The van der Waals surface area contributed by atoms with Gasteiger partial charge in [0.2, 0.25) is 0 Å². The Morgan fingerprint density at radius 2 is 2.32 bits per heavy atom. The average molecular weight is 275 g/mol. The Labute approximate surface area is 113 Å². The van der Waals surface area contributed by atoms with Crippen molar-refractivity contribution in [3.05, 3.63) is 41.9 Å². The van der Waals surface area contributed by atoms with Crippen LogP contribution < -0.4 is 5.32 Å². The van der Waals surface area contributed by atoms with Crippen LogP contribution in [-0.4, -0.2) is 21.6 Å². The lowest BCUT2D eigenvalue weighted by atomic mass is 10.0. The summed E-state index contributed by atoms with van der Waals surface area (Å²) < 4.78 is 6.22. The maximum absolute atomic E-state index is 10.4. The van der Waals surface area contributed by atoms with Crippen LogP contribution >= 0.6 is 11.3 Å². The first kappa shape index (κ1) is 12.1. The summed E-state index contributed by atoms with van der Waals surface area (Å²) in [5, 5.41) is 15.5. The molecule has 98 valence electrons. The summed E-state index contributed by atoms with van der Waals surface area (Å²) in [6.07, 6.45) is 3.06. The molecule has 0 saturated carbocycles. The van der Waals surface area contributed by atoms with Gasteiger partial charge in [-0.1, -0.05) is 0 Å². The largest absolute Gasteiger partial charge is 0.466 e. The minimum Gasteiger partial charge on any atom is -0.466 e. The third-order valence-electron chi connectivity index (χ3n) is 2.90. The lowest BCUT2D eigenvalue weighted by Crippen LogP contribution is -2.30. The fourth-order valence-corrected chi connectivity index (χ4v) is 2.65. The standard InChI is InChI=1S/C13H13N3O2S/c1-13(17,10-3-2-5-18-10)7-14-12-11-9(4-6-19-11)15-8-16-12/h2-6,8,17H,7H2,1H3,(H,14,15,16). The lowest BCUT2D eigenvalue weighted by Gasteiger charge is -2.21. The number of furan rings is 1. The van der Waals surface area contributed by atoms with Crippen molar-refractivity contribution in [1.29, 1.82) is 0 Å². The smallest absolute Gasteiger partial charge is 0.147 e. The Morgan fingerprint density at radius 3 is 3.11 bits per heavy atom. The molecule has 2 N–H and O–H groups in total. The average Bonchev–Trinajstić information content (AvgIpc) is 3.07. The molecule has 0 aliphatic heterocycles. The summed E-state index contributed by atoms with van der Waals surface area (Å²) in [6, 6.07) is 5.45. The maximum Gasteiger partial charge on any atom is 0.147 e. The van der Waals surface area contributed by atoms with Crippen LogP contribution in [0.2, 0.25) is 0 Å². The third-order valence-corrected chi connectivity index (χ3v) is 3.81. The van der Waals surface area contributed by atoms with E-state index in [1.807, 2.05) is 11.4 Å². The van der Waals surface area contributed by atoms with Crippen LogP contribution in [0.1, 0.15) is 12.7 Å². The molecular weight excluding hydrogens is 262 g/mol. The molecular formula is C13H13N3O2S. The molecule has 0 bridgehead atoms. The Bertz CT molecular complexity index is 676. The van der Waals surface area contributed by atoms with E-state index in [2.05, 4.69) is 15.3 Å². The van der Waals surface area contributed by atoms with E-state index < -0.39 is 5.60 Å². The van der Waals surface area contributed by atoms with Crippen molar-refractivity contribution in [1.82, 2.24) is 9.97 Å². The number of thiophene rings is 1. The summed E-state index contributed by atoms with van der Waals surface area (Å²) in [4.78, 5) is 8.38. The summed E-state index contributed by atoms with van der Waals surface area (Å²) in [6.45, 7) is 2.01. The predicted molar refractivity (Wildman–Crippen MR) is 74.2 cm³/mol. The molecule has 5 nitrogen and oxygen atoms in total. The van der Waals surface area contributed by atoms with Gasteiger partial charge >= 0.3 is 0 Å². The molecule has 19 heavy (non-hydrogen) atoms. The molecule has 0 radical (unpaired) electrons. The van der Waals surface area contributed by atoms with Crippen molar-refractivity contribution < 1.29 is 9.52 Å². The van der Waals surface area contributed by atoms with Gasteiger partial charge in [0, 0.05) is 0 Å². The number of aromatic nitrogens is 2. The predicted octanol–water partition coefficient (Wildman–Crippen LogP) is 2.60. The van der Waals surface area contributed by atoms with Crippen molar-refractivity contribution in [2.75, 3.05) is 11.9 Å². The molecule has 1 atom stereocenters. The van der Waals surface area contributed by atoms with Gasteiger partial charge in [0.15, 0.2) is 0 Å². The molecule has 0 amide bonds. The Hall–Kier alpha value is -1.92. The van der Waals surface area contributed by atoms with Crippen LogP contribution in [0, 0.1) is 0 Å². The monoisotopic (exact) mass is 275 g/mol. The normalized spacial score (nSPS) is 14.4. The van der Waals surface area contributed by atoms with Gasteiger partial charge in [-0.3, -0.25) is 0 Å². The molecule has 3 aromatic heterocycles. The van der Waals surface area contributed by atoms with Gasteiger partial charge in [-0.2, -0.15) is 0 Å². The van der Waals surface area contributed by atoms with Crippen LogP contribution in [0.5, 0.6) is 0 Å². The summed E-state index contributed by atoms with van der Waals surface area (Å²) in [5.74, 6) is 1.25. The van der Waals surface area contributed by atoms with Gasteiger partial charge in [0.1, 0.15) is 23.5 Å². The van der Waals surface area contributed by atoms with Gasteiger partial charge < -0.3 is 14.8 Å². The van der Waals surface area contributed by atoms with Crippen LogP contribution in [0.25, 0.3) is 10.2 Å². The van der Waals surface area contributed by atoms with Crippen LogP contribution in [0.3, 0.4) is 0 Å². The first-order valence-electron chi connectivity index (χ1n) is 5.85. The molecule has 0 aliphatic rings. The molecule has 3 rings (SSSR count). The number of hydrogen-bond acceptors (Lipinski definition) is 6. The van der Waals surface area contributed by atoms with Crippen molar-refractivity contribution >= 4 is 27.4 Å². The first-order chi connectivity index (χ1) is 9.17. The minimum absolute atomic E-state index is 0.310. The molecule has 0 aliphatic carbocycles. The van der Waals surface area contributed by atoms with E-state index >= 15 is 0 Å². The van der Waals surface area contributed by atoms with E-state index in [9.17, 15) is 5.11 Å². The van der Waals surface area contributed by atoms with Crippen LogP contribution in [0.15, 0.2) is 40.6 Å². The Balaban J connectivity index is 1.81. The van der Waals surface area contributed by atoms with E-state index in [-0.39, 0.29) is 0 Å². The molecule has 0 spiro atoms. The molecule has 0 aromatic carbocycles. The van der Waals surface area contributed by atoms with E-state index in [0.717, 1.165) is 16.0 Å². The zero-order chi connectivity index (χ0) is 13.3. The molecule has 3 heterocycles. The highest BCUT2D eigenvalue weighted by atomic mass is 32.1. The lowest BCUT2D eigenvalue weighted by molar-refractivity contribution is 0.0476. The zero-order valence-electron chi connectivity index (χ0n) is 10.3. The summed E-state index contributed by atoms with van der Waals surface area (Å²) >= 11 is 1.57. The van der Waals surface area contributed by atoms with Gasteiger partial charge in [-0.25, -0.2) is 9.97 Å². The molecule has 0 fully saturated rings. The summed E-state index contributed by atoms with van der Waals surface area (Å²) in [7, 11) is 0. The molecule has 6 heteroatoms. The van der Waals surface area contributed by atoms with E-state index in [4.69, 9.17) is 4.42 Å². The molecule has 3 aromatic rings. The number of aliphatic hydroxyl groups is 1.